The second-order valence-corrected chi connectivity index (χ2v) is 8.16. The third-order valence-electron chi connectivity index (χ3n) is 5.57. The molecule has 176 valence electrons. The summed E-state index contributed by atoms with van der Waals surface area (Å²) in [5.74, 6) is 0.322. The molecule has 1 aromatic carbocycles. The van der Waals surface area contributed by atoms with Crippen molar-refractivity contribution in [3.8, 4) is 5.69 Å². The molecular weight excluding hydrogens is 416 g/mol. The maximum atomic E-state index is 12.7. The van der Waals surface area contributed by atoms with E-state index in [9.17, 15) is 9.59 Å². The van der Waals surface area contributed by atoms with Gasteiger partial charge in [-0.3, -0.25) is 14.2 Å². The average Bonchev–Trinajstić information content (AvgIpc) is 2.82. The van der Waals surface area contributed by atoms with Crippen molar-refractivity contribution in [2.24, 2.45) is 5.73 Å². The van der Waals surface area contributed by atoms with Gasteiger partial charge in [-0.2, -0.15) is 4.98 Å². The van der Waals surface area contributed by atoms with Crippen LogP contribution in [-0.2, 0) is 0 Å². The predicted molar refractivity (Wildman–Crippen MR) is 133 cm³/mol. The van der Waals surface area contributed by atoms with E-state index in [0.717, 1.165) is 23.9 Å². The summed E-state index contributed by atoms with van der Waals surface area (Å²) in [6.07, 6.45) is 7.09. The van der Waals surface area contributed by atoms with Gasteiger partial charge in [0.25, 0.3) is 11.5 Å². The predicted octanol–water partition coefficient (Wildman–Crippen LogP) is 3.55. The Morgan fingerprint density at radius 1 is 0.970 bits per heavy atom. The van der Waals surface area contributed by atoms with E-state index in [1.165, 1.54) is 36.3 Å². The number of hydrogen-bond acceptors (Lipinski definition) is 6. The number of aryl methyl sites for hydroxylation is 1. The number of nitrogens with two attached hydrogens (primary N) is 1. The number of carbonyl (C=O) groups excluding carboxylic acids is 1. The van der Waals surface area contributed by atoms with Crippen LogP contribution in [0.5, 0.6) is 0 Å². The Bertz CT molecular complexity index is 1120. The van der Waals surface area contributed by atoms with Crippen LogP contribution in [0.4, 0.5) is 5.95 Å². The summed E-state index contributed by atoms with van der Waals surface area (Å²) in [5, 5.41) is 6.84. The average molecular weight is 451 g/mol. The van der Waals surface area contributed by atoms with Crippen LogP contribution in [0.1, 0.15) is 61.5 Å². The van der Waals surface area contributed by atoms with Gasteiger partial charge >= 0.3 is 0 Å². The summed E-state index contributed by atoms with van der Waals surface area (Å²) in [7, 11) is 0. The summed E-state index contributed by atoms with van der Waals surface area (Å²) in [6.45, 7) is 5.73. The molecule has 3 rings (SSSR count). The molecule has 0 atom stereocenters. The van der Waals surface area contributed by atoms with E-state index in [-0.39, 0.29) is 11.5 Å². The lowest BCUT2D eigenvalue weighted by Crippen LogP contribution is -2.24. The molecule has 33 heavy (non-hydrogen) atoms. The maximum Gasteiger partial charge on any atom is 0.256 e. The minimum absolute atomic E-state index is 0.105. The zero-order chi connectivity index (χ0) is 23.6. The van der Waals surface area contributed by atoms with E-state index in [1.807, 2.05) is 6.92 Å². The van der Waals surface area contributed by atoms with Crippen molar-refractivity contribution in [2.45, 2.75) is 52.4 Å². The zero-order valence-electron chi connectivity index (χ0n) is 19.6. The molecule has 8 nitrogen and oxygen atoms in total. The molecule has 1 amide bonds. The van der Waals surface area contributed by atoms with Crippen molar-refractivity contribution in [3.63, 3.8) is 0 Å². The first-order valence-corrected chi connectivity index (χ1v) is 11.8. The number of benzene rings is 1. The molecule has 0 bridgehead atoms. The lowest BCUT2D eigenvalue weighted by atomic mass is 10.1. The minimum Gasteiger partial charge on any atom is -0.353 e. The van der Waals surface area contributed by atoms with E-state index < -0.39 is 0 Å². The number of hydrogen-bond donors (Lipinski definition) is 3. The summed E-state index contributed by atoms with van der Waals surface area (Å²) < 4.78 is 1.54. The molecule has 3 aromatic rings. The van der Waals surface area contributed by atoms with E-state index in [1.54, 1.807) is 30.3 Å². The van der Waals surface area contributed by atoms with Crippen LogP contribution in [0.3, 0.4) is 0 Å². The molecule has 4 N–H and O–H groups in total. The molecule has 0 aliphatic rings. The zero-order valence-corrected chi connectivity index (χ0v) is 19.6. The normalized spacial score (nSPS) is 11.0. The van der Waals surface area contributed by atoms with Crippen LogP contribution in [0.2, 0.25) is 0 Å². The molecule has 0 saturated carbocycles. The Morgan fingerprint density at radius 3 is 2.42 bits per heavy atom. The molecule has 2 aromatic heterocycles. The molecule has 0 radical (unpaired) electrons. The molecular formula is C25H34N6O2. The van der Waals surface area contributed by atoms with Gasteiger partial charge in [-0.05, 0) is 43.7 Å². The molecule has 0 spiro atoms. The number of unbranched alkanes of at least 4 members (excludes halogenated alkanes) is 5. The molecule has 8 heteroatoms. The van der Waals surface area contributed by atoms with E-state index in [0.29, 0.717) is 42.5 Å². The summed E-state index contributed by atoms with van der Waals surface area (Å²) in [6, 6.07) is 10.3. The highest BCUT2D eigenvalue weighted by atomic mass is 16.1. The van der Waals surface area contributed by atoms with Gasteiger partial charge in [-0.1, -0.05) is 39.0 Å². The molecule has 0 saturated heterocycles. The van der Waals surface area contributed by atoms with Gasteiger partial charge in [0.15, 0.2) is 5.65 Å². The molecule has 0 aliphatic heterocycles. The topological polar surface area (TPSA) is 115 Å². The van der Waals surface area contributed by atoms with E-state index in [4.69, 9.17) is 5.73 Å². The van der Waals surface area contributed by atoms with Crippen LogP contribution < -0.4 is 21.9 Å². The summed E-state index contributed by atoms with van der Waals surface area (Å²) in [5.41, 5.74) is 7.84. The number of anilines is 1. The minimum atomic E-state index is -0.203. The first-order chi connectivity index (χ1) is 16.0. The van der Waals surface area contributed by atoms with Gasteiger partial charge in [0.2, 0.25) is 5.95 Å². The number of amides is 1. The van der Waals surface area contributed by atoms with E-state index in [2.05, 4.69) is 27.5 Å². The highest BCUT2D eigenvalue weighted by Crippen LogP contribution is 2.19. The van der Waals surface area contributed by atoms with Gasteiger partial charge in [-0.25, -0.2) is 4.98 Å². The fourth-order valence-corrected chi connectivity index (χ4v) is 3.75. The van der Waals surface area contributed by atoms with Gasteiger partial charge < -0.3 is 16.4 Å². The van der Waals surface area contributed by atoms with E-state index >= 15 is 0 Å². The van der Waals surface area contributed by atoms with Crippen LogP contribution in [-0.4, -0.2) is 40.1 Å². The third-order valence-corrected chi connectivity index (χ3v) is 5.57. The largest absolute Gasteiger partial charge is 0.353 e. The van der Waals surface area contributed by atoms with Gasteiger partial charge in [-0.15, -0.1) is 0 Å². The highest BCUT2D eigenvalue weighted by Gasteiger charge is 2.12. The van der Waals surface area contributed by atoms with Crippen LogP contribution in [0.25, 0.3) is 16.7 Å². The summed E-state index contributed by atoms with van der Waals surface area (Å²) in [4.78, 5) is 34.2. The van der Waals surface area contributed by atoms with Crippen molar-refractivity contribution in [1.82, 2.24) is 19.9 Å². The lowest BCUT2D eigenvalue weighted by Gasteiger charge is -2.13. The van der Waals surface area contributed by atoms with Crippen LogP contribution >= 0.6 is 0 Å². The van der Waals surface area contributed by atoms with Crippen LogP contribution in [0.15, 0.2) is 41.2 Å². The Hall–Kier alpha value is -3.26. The molecule has 0 fully saturated rings. The van der Waals surface area contributed by atoms with Crippen LogP contribution in [0, 0.1) is 6.92 Å². The highest BCUT2D eigenvalue weighted by molar-refractivity contribution is 5.94. The fraction of sp³-hybridized carbons (Fsp3) is 0.440. The Kier molecular flexibility index (Phi) is 8.95. The van der Waals surface area contributed by atoms with Gasteiger partial charge in [0.1, 0.15) is 0 Å². The number of carbonyl (C=O) groups is 1. The second-order valence-electron chi connectivity index (χ2n) is 8.16. The number of rotatable bonds is 12. The van der Waals surface area contributed by atoms with Crippen molar-refractivity contribution in [3.05, 3.63) is 58.0 Å². The monoisotopic (exact) mass is 450 g/mol. The van der Waals surface area contributed by atoms with Gasteiger partial charge in [0, 0.05) is 36.7 Å². The molecule has 0 aliphatic carbocycles. The number of pyridine rings is 1. The lowest BCUT2D eigenvalue weighted by molar-refractivity contribution is 0.0953. The number of aromatic nitrogens is 3. The first kappa shape index (κ1) is 24.4. The van der Waals surface area contributed by atoms with Crippen molar-refractivity contribution in [2.75, 3.05) is 25.0 Å². The fourth-order valence-electron chi connectivity index (χ4n) is 3.75. The molecule has 0 unspecified atom stereocenters. The SMILES string of the molecule is CCCCCCCCNC(=O)c1ccc(-n2c(=O)ccc3c(C)nc(NCCN)nc32)cc1. The Balaban J connectivity index is 1.75. The first-order valence-electron chi connectivity index (χ1n) is 11.8. The number of fused-ring (bicyclic) bond motifs is 1. The number of nitrogens with one attached hydrogen (secondary N) is 2. The van der Waals surface area contributed by atoms with Crippen molar-refractivity contribution < 1.29 is 4.79 Å². The summed E-state index contributed by atoms with van der Waals surface area (Å²) >= 11 is 0. The Labute approximate surface area is 194 Å². The van der Waals surface area contributed by atoms with Gasteiger partial charge in [0.05, 0.1) is 11.4 Å². The van der Waals surface area contributed by atoms with Crippen molar-refractivity contribution in [1.29, 1.82) is 0 Å². The Morgan fingerprint density at radius 2 is 1.70 bits per heavy atom. The van der Waals surface area contributed by atoms with Crippen molar-refractivity contribution >= 4 is 22.9 Å². The smallest absolute Gasteiger partial charge is 0.256 e. The third kappa shape index (κ3) is 6.38. The number of nitrogens with zero attached hydrogens (tertiary/aromatic N) is 3. The quantitative estimate of drug-likeness (QED) is 0.364. The maximum absolute atomic E-state index is 12.7. The second kappa shape index (κ2) is 12.1. The standard InChI is InChI=1S/C25H34N6O2/c1-3-4-5-6-7-8-16-27-24(33)19-9-11-20(12-10-19)31-22(32)14-13-21-18(2)29-25(28-17-15-26)30-23(21)31/h9-14H,3-8,15-17,26H2,1-2H3,(H,27,33)(H,28,29,30). The molecule has 2 heterocycles.